The van der Waals surface area contributed by atoms with E-state index in [1.165, 1.54) is 5.56 Å². The lowest BCUT2D eigenvalue weighted by molar-refractivity contribution is 0.477. The lowest BCUT2D eigenvalue weighted by Crippen LogP contribution is -2.04. The number of hydrogen-bond acceptors (Lipinski definition) is 4. The maximum atomic E-state index is 10.2. The van der Waals surface area contributed by atoms with E-state index in [1.807, 2.05) is 18.2 Å². The van der Waals surface area contributed by atoms with E-state index in [2.05, 4.69) is 39.6 Å². The zero-order valence-corrected chi connectivity index (χ0v) is 12.8. The molecule has 0 aliphatic rings. The highest BCUT2D eigenvalue weighted by molar-refractivity contribution is 5.80. The normalized spacial score (nSPS) is 10.4. The molecule has 116 valence electrons. The summed E-state index contributed by atoms with van der Waals surface area (Å²) in [7, 11) is 0. The van der Waals surface area contributed by atoms with E-state index in [9.17, 15) is 5.11 Å². The average molecular weight is 305 g/mol. The molecule has 0 aliphatic carbocycles. The first-order chi connectivity index (χ1) is 11.3. The third-order valence-corrected chi connectivity index (χ3v) is 3.66. The second-order valence-corrected chi connectivity index (χ2v) is 5.31. The van der Waals surface area contributed by atoms with Gasteiger partial charge in [0.1, 0.15) is 5.75 Å². The zero-order valence-electron chi connectivity index (χ0n) is 12.8. The number of aromatic nitrogens is 2. The quantitative estimate of drug-likeness (QED) is 0.678. The fourth-order valence-corrected chi connectivity index (χ4v) is 2.55. The molecule has 0 aliphatic heterocycles. The smallest absolute Gasteiger partial charge is 0.127 e. The van der Waals surface area contributed by atoms with Crippen molar-refractivity contribution in [1.29, 1.82) is 0 Å². The maximum Gasteiger partial charge on any atom is 0.127 e. The van der Waals surface area contributed by atoms with E-state index in [0.29, 0.717) is 11.3 Å². The van der Waals surface area contributed by atoms with Crippen LogP contribution >= 0.6 is 0 Å². The van der Waals surface area contributed by atoms with Crippen molar-refractivity contribution in [3.8, 4) is 17.0 Å². The monoisotopic (exact) mass is 305 g/mol. The van der Waals surface area contributed by atoms with E-state index < -0.39 is 0 Å². The zero-order chi connectivity index (χ0) is 15.9. The van der Waals surface area contributed by atoms with Crippen LogP contribution in [-0.4, -0.2) is 21.6 Å². The van der Waals surface area contributed by atoms with Gasteiger partial charge >= 0.3 is 0 Å². The predicted molar refractivity (Wildman–Crippen MR) is 92.4 cm³/mol. The Kier molecular flexibility index (Phi) is 4.84. The van der Waals surface area contributed by atoms with Crippen LogP contribution in [0.4, 0.5) is 5.69 Å². The highest BCUT2D eigenvalue weighted by atomic mass is 16.3. The average Bonchev–Trinajstić information content (AvgIpc) is 2.60. The van der Waals surface area contributed by atoms with Crippen molar-refractivity contribution in [2.45, 2.75) is 12.8 Å². The van der Waals surface area contributed by atoms with Crippen molar-refractivity contribution in [3.63, 3.8) is 0 Å². The summed E-state index contributed by atoms with van der Waals surface area (Å²) in [4.78, 5) is 8.36. The molecular weight excluding hydrogens is 286 g/mol. The first-order valence-electron chi connectivity index (χ1n) is 7.71. The molecular formula is C19H19N3O. The van der Waals surface area contributed by atoms with Gasteiger partial charge < -0.3 is 10.4 Å². The van der Waals surface area contributed by atoms with E-state index in [-0.39, 0.29) is 5.75 Å². The number of phenolic OH excluding ortho intramolecular Hbond substituents is 1. The summed E-state index contributed by atoms with van der Waals surface area (Å²) in [5.41, 5.74) is 3.56. The largest absolute Gasteiger partial charge is 0.507 e. The first-order valence-corrected chi connectivity index (χ1v) is 7.71. The van der Waals surface area contributed by atoms with E-state index in [4.69, 9.17) is 0 Å². The van der Waals surface area contributed by atoms with Gasteiger partial charge in [-0.2, -0.15) is 0 Å². The van der Waals surface area contributed by atoms with E-state index in [1.54, 1.807) is 24.7 Å². The number of aryl methyl sites for hydroxylation is 1. The summed E-state index contributed by atoms with van der Waals surface area (Å²) < 4.78 is 0. The molecule has 4 heteroatoms. The number of nitrogens with one attached hydrogen (secondary N) is 1. The number of anilines is 1. The van der Waals surface area contributed by atoms with Gasteiger partial charge in [0.25, 0.3) is 0 Å². The van der Waals surface area contributed by atoms with Crippen LogP contribution in [0.2, 0.25) is 0 Å². The van der Waals surface area contributed by atoms with Crippen molar-refractivity contribution in [2.75, 3.05) is 11.9 Å². The van der Waals surface area contributed by atoms with Gasteiger partial charge in [-0.15, -0.1) is 0 Å². The Morgan fingerprint density at radius 2 is 1.83 bits per heavy atom. The van der Waals surface area contributed by atoms with Crippen molar-refractivity contribution in [2.24, 2.45) is 0 Å². The molecule has 4 nitrogen and oxygen atoms in total. The van der Waals surface area contributed by atoms with Crippen LogP contribution in [0.15, 0.2) is 67.1 Å². The van der Waals surface area contributed by atoms with Gasteiger partial charge in [0.2, 0.25) is 0 Å². The van der Waals surface area contributed by atoms with Crippen LogP contribution in [0.3, 0.4) is 0 Å². The van der Waals surface area contributed by atoms with Crippen molar-refractivity contribution < 1.29 is 5.11 Å². The molecule has 23 heavy (non-hydrogen) atoms. The Bertz CT molecular complexity index is 745. The lowest BCUT2D eigenvalue weighted by atomic mass is 10.1. The Hall–Kier alpha value is -2.88. The summed E-state index contributed by atoms with van der Waals surface area (Å²) in [6.45, 7) is 0.825. The van der Waals surface area contributed by atoms with Crippen LogP contribution in [0, 0.1) is 0 Å². The molecule has 3 aromatic rings. The number of benzene rings is 2. The number of phenols is 1. The molecule has 0 amide bonds. The minimum atomic E-state index is 0.207. The topological polar surface area (TPSA) is 58.0 Å². The molecule has 0 saturated heterocycles. The summed E-state index contributed by atoms with van der Waals surface area (Å²) in [6.07, 6.45) is 6.94. The predicted octanol–water partition coefficient (Wildman–Crippen LogP) is 3.89. The molecule has 2 aromatic carbocycles. The van der Waals surface area contributed by atoms with Crippen molar-refractivity contribution in [3.05, 3.63) is 72.7 Å². The van der Waals surface area contributed by atoms with Crippen LogP contribution in [0.1, 0.15) is 12.0 Å². The van der Waals surface area contributed by atoms with Gasteiger partial charge in [-0.3, -0.25) is 9.97 Å². The lowest BCUT2D eigenvalue weighted by Gasteiger charge is -2.13. The highest BCUT2D eigenvalue weighted by Crippen LogP contribution is 2.34. The number of nitrogens with zero attached hydrogens (tertiary/aromatic N) is 2. The van der Waals surface area contributed by atoms with Crippen LogP contribution in [0.25, 0.3) is 11.3 Å². The Labute approximate surface area is 135 Å². The van der Waals surface area contributed by atoms with Crippen LogP contribution in [0.5, 0.6) is 5.75 Å². The Morgan fingerprint density at radius 3 is 2.61 bits per heavy atom. The minimum absolute atomic E-state index is 0.207. The van der Waals surface area contributed by atoms with Crippen LogP contribution in [-0.2, 0) is 6.42 Å². The number of aromatic hydroxyl groups is 1. The minimum Gasteiger partial charge on any atom is -0.507 e. The van der Waals surface area contributed by atoms with Crippen molar-refractivity contribution in [1.82, 2.24) is 9.97 Å². The maximum absolute atomic E-state index is 10.2. The molecule has 0 bridgehead atoms. The Balaban J connectivity index is 1.67. The fraction of sp³-hybridized carbons (Fsp3) is 0.158. The standard InChI is InChI=1S/C19H19N3O/c23-18-10-4-9-16(19(18)17-14-20-12-13-22-17)21-11-5-8-15-6-2-1-3-7-15/h1-4,6-7,9-10,12-14,21,23H,5,8,11H2. The van der Waals surface area contributed by atoms with Crippen LogP contribution < -0.4 is 5.32 Å². The summed E-state index contributed by atoms with van der Waals surface area (Å²) >= 11 is 0. The second-order valence-electron chi connectivity index (χ2n) is 5.31. The van der Waals surface area contributed by atoms with Gasteiger partial charge in [-0.25, -0.2) is 0 Å². The number of hydrogen-bond donors (Lipinski definition) is 2. The SMILES string of the molecule is Oc1cccc(NCCCc2ccccc2)c1-c1cnccn1. The summed E-state index contributed by atoms with van der Waals surface area (Å²) in [5, 5.41) is 13.6. The van der Waals surface area contributed by atoms with Gasteiger partial charge in [0.15, 0.2) is 0 Å². The molecule has 0 fully saturated rings. The van der Waals surface area contributed by atoms with Gasteiger partial charge in [-0.05, 0) is 30.5 Å². The molecule has 0 saturated carbocycles. The fourth-order valence-electron chi connectivity index (χ4n) is 2.55. The van der Waals surface area contributed by atoms with Gasteiger partial charge in [0.05, 0.1) is 17.5 Å². The van der Waals surface area contributed by atoms with Gasteiger partial charge in [0, 0.05) is 24.6 Å². The molecule has 1 aromatic heterocycles. The highest BCUT2D eigenvalue weighted by Gasteiger charge is 2.11. The molecule has 2 N–H and O–H groups in total. The van der Waals surface area contributed by atoms with Gasteiger partial charge in [-0.1, -0.05) is 36.4 Å². The third kappa shape index (κ3) is 3.86. The van der Waals surface area contributed by atoms with E-state index >= 15 is 0 Å². The number of rotatable bonds is 6. The second kappa shape index (κ2) is 7.40. The molecule has 1 heterocycles. The first kappa shape index (κ1) is 15.0. The van der Waals surface area contributed by atoms with E-state index in [0.717, 1.165) is 25.1 Å². The molecule has 0 atom stereocenters. The summed E-state index contributed by atoms with van der Waals surface area (Å²) in [6, 6.07) is 15.9. The van der Waals surface area contributed by atoms with Crippen molar-refractivity contribution >= 4 is 5.69 Å². The Morgan fingerprint density at radius 1 is 0.957 bits per heavy atom. The summed E-state index contributed by atoms with van der Waals surface area (Å²) in [5.74, 6) is 0.207. The third-order valence-electron chi connectivity index (χ3n) is 3.66. The molecule has 0 radical (unpaired) electrons. The molecule has 0 unspecified atom stereocenters. The molecule has 3 rings (SSSR count). The molecule has 0 spiro atoms.